The van der Waals surface area contributed by atoms with E-state index in [0.29, 0.717) is 5.76 Å². The van der Waals surface area contributed by atoms with Crippen LogP contribution in [-0.4, -0.2) is 9.78 Å². The molecule has 3 nitrogen and oxygen atoms in total. The molecule has 0 unspecified atom stereocenters. The normalized spacial score (nSPS) is 11.8. The van der Waals surface area contributed by atoms with E-state index in [1.165, 1.54) is 6.26 Å². The Bertz CT molecular complexity index is 715. The highest BCUT2D eigenvalue weighted by atomic mass is 19.4. The highest BCUT2D eigenvalue weighted by Gasteiger charge is 2.36. The van der Waals surface area contributed by atoms with Crippen molar-refractivity contribution < 1.29 is 17.6 Å². The summed E-state index contributed by atoms with van der Waals surface area (Å²) in [6.45, 7) is 0.0520. The molecule has 0 saturated carbocycles. The van der Waals surface area contributed by atoms with Crippen LogP contribution < -0.4 is 0 Å². The van der Waals surface area contributed by atoms with Crippen molar-refractivity contribution in [3.8, 4) is 11.5 Å². The number of rotatable bonds is 3. The molecule has 1 aromatic carbocycles. The molecule has 2 aromatic heterocycles. The highest BCUT2D eigenvalue weighted by molar-refractivity contribution is 5.52. The molecule has 0 amide bonds. The van der Waals surface area contributed by atoms with Gasteiger partial charge in [-0.3, -0.25) is 4.68 Å². The Morgan fingerprint density at radius 2 is 1.81 bits per heavy atom. The number of aromatic nitrogens is 2. The third-order valence-electron chi connectivity index (χ3n) is 3.02. The van der Waals surface area contributed by atoms with Gasteiger partial charge in [-0.05, 0) is 23.8 Å². The van der Waals surface area contributed by atoms with Crippen LogP contribution in [-0.2, 0) is 12.7 Å². The molecule has 0 aliphatic rings. The van der Waals surface area contributed by atoms with E-state index in [1.807, 2.05) is 6.07 Å². The Labute approximate surface area is 118 Å². The maximum Gasteiger partial charge on any atom is 0.433 e. The second-order valence-corrected chi connectivity index (χ2v) is 4.53. The zero-order chi connectivity index (χ0) is 14.9. The molecular formula is C15H11F3N2O. The first-order chi connectivity index (χ1) is 10.0. The number of alkyl halides is 3. The molecule has 0 aliphatic heterocycles. The minimum Gasteiger partial charge on any atom is -0.463 e. The van der Waals surface area contributed by atoms with Gasteiger partial charge in [0.15, 0.2) is 5.76 Å². The lowest BCUT2D eigenvalue weighted by Gasteiger charge is -2.09. The fourth-order valence-corrected chi connectivity index (χ4v) is 2.07. The van der Waals surface area contributed by atoms with Crippen LogP contribution in [0, 0.1) is 0 Å². The summed E-state index contributed by atoms with van der Waals surface area (Å²) in [5.41, 5.74) is 0.123. The summed E-state index contributed by atoms with van der Waals surface area (Å²) >= 11 is 0. The first-order valence-electron chi connectivity index (χ1n) is 6.27. The van der Waals surface area contributed by atoms with Gasteiger partial charge in [0, 0.05) is 0 Å². The number of nitrogens with zero attached hydrogens (tertiary/aromatic N) is 2. The van der Waals surface area contributed by atoms with Gasteiger partial charge in [-0.2, -0.15) is 18.3 Å². The molecule has 0 bridgehead atoms. The molecule has 6 heteroatoms. The summed E-state index contributed by atoms with van der Waals surface area (Å²) in [4.78, 5) is 0. The lowest BCUT2D eigenvalue weighted by molar-refractivity contribution is -0.144. The Morgan fingerprint density at radius 3 is 2.43 bits per heavy atom. The molecule has 0 saturated heterocycles. The van der Waals surface area contributed by atoms with Gasteiger partial charge < -0.3 is 4.42 Å². The molecule has 0 spiro atoms. The van der Waals surface area contributed by atoms with Gasteiger partial charge in [0.25, 0.3) is 0 Å². The number of furan rings is 1. The van der Waals surface area contributed by atoms with Crippen LogP contribution in [0.15, 0.2) is 59.2 Å². The average molecular weight is 292 g/mol. The largest absolute Gasteiger partial charge is 0.463 e. The topological polar surface area (TPSA) is 31.0 Å². The van der Waals surface area contributed by atoms with Crippen molar-refractivity contribution in [2.24, 2.45) is 0 Å². The molecule has 108 valence electrons. The number of hydrogen-bond donors (Lipinski definition) is 0. The van der Waals surface area contributed by atoms with Crippen LogP contribution in [0.25, 0.3) is 11.5 Å². The minimum absolute atomic E-state index is 0.0520. The van der Waals surface area contributed by atoms with Gasteiger partial charge >= 0.3 is 6.18 Å². The summed E-state index contributed by atoms with van der Waals surface area (Å²) in [5.74, 6) is 0.312. The fraction of sp³-hybridized carbons (Fsp3) is 0.133. The zero-order valence-corrected chi connectivity index (χ0v) is 10.8. The molecule has 3 rings (SSSR count). The zero-order valence-electron chi connectivity index (χ0n) is 10.8. The molecule has 2 heterocycles. The van der Waals surface area contributed by atoms with E-state index in [-0.39, 0.29) is 12.2 Å². The van der Waals surface area contributed by atoms with Crippen LogP contribution in [0.2, 0.25) is 0 Å². The third kappa shape index (κ3) is 2.84. The average Bonchev–Trinajstić information content (AvgIpc) is 3.07. The predicted octanol–water partition coefficient (Wildman–Crippen LogP) is 4.21. The second-order valence-electron chi connectivity index (χ2n) is 4.53. The minimum atomic E-state index is -4.47. The first kappa shape index (κ1) is 13.5. The molecule has 21 heavy (non-hydrogen) atoms. The van der Waals surface area contributed by atoms with Crippen LogP contribution in [0.4, 0.5) is 13.2 Å². The standard InChI is InChI=1S/C15H11F3N2O/c16-15(17,18)14-9-12(13-7-4-8-21-13)19-20(14)10-11-5-2-1-3-6-11/h1-9H,10H2. The number of hydrogen-bond acceptors (Lipinski definition) is 2. The molecule has 0 aliphatic carbocycles. The molecule has 0 atom stereocenters. The van der Waals surface area contributed by atoms with Crippen molar-refractivity contribution in [2.45, 2.75) is 12.7 Å². The fourth-order valence-electron chi connectivity index (χ4n) is 2.07. The van der Waals surface area contributed by atoms with Crippen molar-refractivity contribution >= 4 is 0 Å². The van der Waals surface area contributed by atoms with Crippen molar-refractivity contribution in [1.82, 2.24) is 9.78 Å². The maximum absolute atomic E-state index is 13.1. The van der Waals surface area contributed by atoms with Gasteiger partial charge in [-0.1, -0.05) is 30.3 Å². The monoisotopic (exact) mass is 292 g/mol. The number of benzene rings is 1. The Hall–Kier alpha value is -2.50. The molecule has 3 aromatic rings. The quantitative estimate of drug-likeness (QED) is 0.724. The van der Waals surface area contributed by atoms with Crippen molar-refractivity contribution in [3.05, 3.63) is 66.1 Å². The SMILES string of the molecule is FC(F)(F)c1cc(-c2ccco2)nn1Cc1ccccc1. The van der Waals surface area contributed by atoms with E-state index in [9.17, 15) is 13.2 Å². The van der Waals surface area contributed by atoms with E-state index < -0.39 is 11.9 Å². The third-order valence-corrected chi connectivity index (χ3v) is 3.02. The Kier molecular flexibility index (Phi) is 3.29. The summed E-state index contributed by atoms with van der Waals surface area (Å²) in [5, 5.41) is 4.02. The van der Waals surface area contributed by atoms with Gasteiger partial charge in [-0.25, -0.2) is 0 Å². The van der Waals surface area contributed by atoms with E-state index in [0.717, 1.165) is 16.3 Å². The van der Waals surface area contributed by atoms with Crippen molar-refractivity contribution in [1.29, 1.82) is 0 Å². The lowest BCUT2D eigenvalue weighted by Crippen LogP contribution is -2.15. The highest BCUT2D eigenvalue weighted by Crippen LogP contribution is 2.32. The van der Waals surface area contributed by atoms with E-state index in [1.54, 1.807) is 36.4 Å². The Balaban J connectivity index is 2.02. The van der Waals surface area contributed by atoms with Gasteiger partial charge in [-0.15, -0.1) is 0 Å². The van der Waals surface area contributed by atoms with Crippen LogP contribution in [0.5, 0.6) is 0 Å². The predicted molar refractivity (Wildman–Crippen MR) is 70.5 cm³/mol. The smallest absolute Gasteiger partial charge is 0.433 e. The van der Waals surface area contributed by atoms with Gasteiger partial charge in [0.1, 0.15) is 11.4 Å². The summed E-state index contributed by atoms with van der Waals surface area (Å²) in [6, 6.07) is 13.1. The van der Waals surface area contributed by atoms with Crippen molar-refractivity contribution in [3.63, 3.8) is 0 Å². The van der Waals surface area contributed by atoms with Crippen LogP contribution >= 0.6 is 0 Å². The maximum atomic E-state index is 13.1. The Morgan fingerprint density at radius 1 is 1.05 bits per heavy atom. The summed E-state index contributed by atoms with van der Waals surface area (Å²) in [6.07, 6.45) is -3.06. The molecular weight excluding hydrogens is 281 g/mol. The van der Waals surface area contributed by atoms with E-state index >= 15 is 0 Å². The van der Waals surface area contributed by atoms with E-state index in [4.69, 9.17) is 4.42 Å². The second kappa shape index (κ2) is 5.12. The van der Waals surface area contributed by atoms with Crippen LogP contribution in [0.3, 0.4) is 0 Å². The van der Waals surface area contributed by atoms with Crippen LogP contribution in [0.1, 0.15) is 11.3 Å². The summed E-state index contributed by atoms with van der Waals surface area (Å²) < 4.78 is 45.4. The van der Waals surface area contributed by atoms with Crippen molar-refractivity contribution in [2.75, 3.05) is 0 Å². The molecule has 0 fully saturated rings. The summed E-state index contributed by atoms with van der Waals surface area (Å²) in [7, 11) is 0. The number of halogens is 3. The van der Waals surface area contributed by atoms with Gasteiger partial charge in [0.2, 0.25) is 0 Å². The van der Waals surface area contributed by atoms with E-state index in [2.05, 4.69) is 5.10 Å². The van der Waals surface area contributed by atoms with Gasteiger partial charge in [0.05, 0.1) is 12.8 Å². The first-order valence-corrected chi connectivity index (χ1v) is 6.27. The lowest BCUT2D eigenvalue weighted by atomic mass is 10.2. The molecule has 0 radical (unpaired) electrons. The molecule has 0 N–H and O–H groups in total.